The summed E-state index contributed by atoms with van der Waals surface area (Å²) in [6, 6.07) is 11.8. The van der Waals surface area contributed by atoms with Gasteiger partial charge in [0.05, 0.1) is 11.4 Å². The molecule has 3 aromatic rings. The second kappa shape index (κ2) is 6.12. The first kappa shape index (κ1) is 15.7. The molecule has 1 aromatic carbocycles. The highest BCUT2D eigenvalue weighted by Gasteiger charge is 2.26. The molecule has 1 unspecified atom stereocenters. The summed E-state index contributed by atoms with van der Waals surface area (Å²) in [6.07, 6.45) is 0. The van der Waals surface area contributed by atoms with Crippen LogP contribution in [0.3, 0.4) is 0 Å². The molecule has 0 spiro atoms. The molecular formula is C16H14BrNO2S2. The van der Waals surface area contributed by atoms with E-state index in [0.717, 1.165) is 19.4 Å². The van der Waals surface area contributed by atoms with Gasteiger partial charge in [0.15, 0.2) is 0 Å². The minimum atomic E-state index is -1.09. The Morgan fingerprint density at radius 1 is 1.36 bits per heavy atom. The third-order valence-corrected chi connectivity index (χ3v) is 6.40. The molecule has 0 aliphatic rings. The number of benzene rings is 1. The number of carbonyl (C=O) groups is 1. The molecule has 3 nitrogen and oxygen atoms in total. The minimum Gasteiger partial charge on any atom is -0.383 e. The van der Waals surface area contributed by atoms with Crippen LogP contribution in [0.4, 0.5) is 0 Å². The summed E-state index contributed by atoms with van der Waals surface area (Å²) >= 11 is 6.25. The molecule has 6 heteroatoms. The van der Waals surface area contributed by atoms with Gasteiger partial charge in [-0.1, -0.05) is 18.2 Å². The number of hydrogen-bond acceptors (Lipinski definition) is 4. The molecule has 0 aliphatic carbocycles. The molecule has 2 N–H and O–H groups in total. The number of amides is 1. The maximum Gasteiger partial charge on any atom is 0.261 e. The van der Waals surface area contributed by atoms with E-state index in [1.54, 1.807) is 24.3 Å². The van der Waals surface area contributed by atoms with E-state index in [1.165, 1.54) is 11.3 Å². The van der Waals surface area contributed by atoms with Crippen molar-refractivity contribution in [2.45, 2.75) is 12.5 Å². The smallest absolute Gasteiger partial charge is 0.261 e. The molecule has 1 atom stereocenters. The standard InChI is InChI=1S/C16H14BrNO2S2/c1-16(20,9-18-15(19)13-7-11(17)8-21-13)14-6-10-4-2-3-5-12(10)22-14/h2-8,20H,9H2,1H3,(H,18,19). The van der Waals surface area contributed by atoms with E-state index < -0.39 is 5.60 Å². The van der Waals surface area contributed by atoms with Crippen molar-refractivity contribution in [3.63, 3.8) is 0 Å². The highest BCUT2D eigenvalue weighted by molar-refractivity contribution is 9.10. The van der Waals surface area contributed by atoms with E-state index in [9.17, 15) is 9.90 Å². The van der Waals surface area contributed by atoms with E-state index in [-0.39, 0.29) is 12.5 Å². The molecule has 2 heterocycles. The number of fused-ring (bicyclic) bond motifs is 1. The van der Waals surface area contributed by atoms with Gasteiger partial charge < -0.3 is 10.4 Å². The summed E-state index contributed by atoms with van der Waals surface area (Å²) in [6.45, 7) is 1.90. The molecule has 22 heavy (non-hydrogen) atoms. The van der Waals surface area contributed by atoms with Crippen molar-refractivity contribution < 1.29 is 9.90 Å². The zero-order valence-corrected chi connectivity index (χ0v) is 15.0. The van der Waals surface area contributed by atoms with Crippen LogP contribution < -0.4 is 5.32 Å². The summed E-state index contributed by atoms with van der Waals surface area (Å²) in [7, 11) is 0. The third-order valence-electron chi connectivity index (χ3n) is 3.34. The Morgan fingerprint density at radius 2 is 2.14 bits per heavy atom. The maximum atomic E-state index is 12.1. The fourth-order valence-corrected chi connectivity index (χ4v) is 4.55. The SMILES string of the molecule is CC(O)(CNC(=O)c1cc(Br)cs1)c1cc2ccccc2s1. The Hall–Kier alpha value is -1.21. The summed E-state index contributed by atoms with van der Waals surface area (Å²) in [5, 5.41) is 16.4. The Balaban J connectivity index is 1.74. The average Bonchev–Trinajstić information content (AvgIpc) is 3.11. The normalized spacial score (nSPS) is 14.0. The van der Waals surface area contributed by atoms with Crippen molar-refractivity contribution in [2.24, 2.45) is 0 Å². The van der Waals surface area contributed by atoms with Crippen molar-refractivity contribution in [2.75, 3.05) is 6.54 Å². The molecule has 0 fully saturated rings. The molecule has 2 aromatic heterocycles. The van der Waals surface area contributed by atoms with E-state index in [1.807, 2.05) is 35.7 Å². The van der Waals surface area contributed by atoms with Crippen LogP contribution in [0, 0.1) is 0 Å². The van der Waals surface area contributed by atoms with Crippen LogP contribution in [0.25, 0.3) is 10.1 Å². The van der Waals surface area contributed by atoms with Crippen LogP contribution in [0.1, 0.15) is 21.5 Å². The van der Waals surface area contributed by atoms with Gasteiger partial charge in [0.2, 0.25) is 0 Å². The quantitative estimate of drug-likeness (QED) is 0.689. The number of carbonyl (C=O) groups excluding carboxylic acids is 1. The van der Waals surface area contributed by atoms with Crippen LogP contribution in [0.5, 0.6) is 0 Å². The minimum absolute atomic E-state index is 0.169. The van der Waals surface area contributed by atoms with E-state index in [0.29, 0.717) is 4.88 Å². The lowest BCUT2D eigenvalue weighted by molar-refractivity contribution is 0.0558. The second-order valence-corrected chi connectivity index (χ2v) is 8.14. The molecular weight excluding hydrogens is 382 g/mol. The number of nitrogens with one attached hydrogen (secondary N) is 1. The molecule has 0 saturated heterocycles. The summed E-state index contributed by atoms with van der Waals surface area (Å²) in [4.78, 5) is 13.6. The van der Waals surface area contributed by atoms with Gasteiger partial charge in [-0.3, -0.25) is 4.79 Å². The van der Waals surface area contributed by atoms with Gasteiger partial charge in [0.1, 0.15) is 5.60 Å². The van der Waals surface area contributed by atoms with Gasteiger partial charge in [-0.25, -0.2) is 0 Å². The van der Waals surface area contributed by atoms with Crippen LogP contribution in [0.15, 0.2) is 46.3 Å². The predicted molar refractivity (Wildman–Crippen MR) is 95.7 cm³/mol. The molecule has 1 amide bonds. The van der Waals surface area contributed by atoms with E-state index in [4.69, 9.17) is 0 Å². The largest absolute Gasteiger partial charge is 0.383 e. The Labute approximate surface area is 144 Å². The molecule has 0 bridgehead atoms. The lowest BCUT2D eigenvalue weighted by Crippen LogP contribution is -2.37. The van der Waals surface area contributed by atoms with Crippen molar-refractivity contribution >= 4 is 54.6 Å². The summed E-state index contributed by atoms with van der Waals surface area (Å²) < 4.78 is 2.02. The maximum absolute atomic E-state index is 12.1. The van der Waals surface area contributed by atoms with Crippen LogP contribution >= 0.6 is 38.6 Å². The monoisotopic (exact) mass is 395 g/mol. The van der Waals surface area contributed by atoms with Crippen LogP contribution in [0.2, 0.25) is 0 Å². The highest BCUT2D eigenvalue weighted by Crippen LogP contribution is 2.33. The fourth-order valence-electron chi connectivity index (χ4n) is 2.11. The number of thiophene rings is 2. The predicted octanol–water partition coefficient (Wildman–Crippen LogP) is 4.36. The van der Waals surface area contributed by atoms with Crippen molar-refractivity contribution in [3.8, 4) is 0 Å². The second-order valence-electron chi connectivity index (χ2n) is 5.23. The van der Waals surface area contributed by atoms with Crippen LogP contribution in [-0.4, -0.2) is 17.6 Å². The first-order valence-electron chi connectivity index (χ1n) is 6.69. The first-order valence-corrected chi connectivity index (χ1v) is 9.18. The molecule has 114 valence electrons. The number of hydrogen-bond donors (Lipinski definition) is 2. The highest BCUT2D eigenvalue weighted by atomic mass is 79.9. The average molecular weight is 396 g/mol. The van der Waals surface area contributed by atoms with Gasteiger partial charge in [0, 0.05) is 19.4 Å². The fraction of sp³-hybridized carbons (Fsp3) is 0.188. The molecule has 0 radical (unpaired) electrons. The molecule has 3 rings (SSSR count). The number of halogens is 1. The van der Waals surface area contributed by atoms with E-state index >= 15 is 0 Å². The van der Waals surface area contributed by atoms with Crippen molar-refractivity contribution in [3.05, 3.63) is 56.0 Å². The Kier molecular flexibility index (Phi) is 4.36. The Morgan fingerprint density at radius 3 is 2.82 bits per heavy atom. The van der Waals surface area contributed by atoms with Gasteiger partial charge in [0.25, 0.3) is 5.91 Å². The molecule has 0 aliphatic heterocycles. The zero-order valence-electron chi connectivity index (χ0n) is 11.8. The number of aliphatic hydroxyl groups is 1. The van der Waals surface area contributed by atoms with Gasteiger partial charge in [-0.2, -0.15) is 0 Å². The van der Waals surface area contributed by atoms with Crippen molar-refractivity contribution in [1.82, 2.24) is 5.32 Å². The first-order chi connectivity index (χ1) is 10.5. The van der Waals surface area contributed by atoms with Crippen molar-refractivity contribution in [1.29, 1.82) is 0 Å². The Bertz CT molecular complexity index is 789. The lowest BCUT2D eigenvalue weighted by atomic mass is 10.0. The molecule has 0 saturated carbocycles. The van der Waals surface area contributed by atoms with Gasteiger partial charge in [-0.05, 0) is 46.4 Å². The summed E-state index contributed by atoms with van der Waals surface area (Å²) in [5.74, 6) is -0.169. The third kappa shape index (κ3) is 3.25. The lowest BCUT2D eigenvalue weighted by Gasteiger charge is -2.22. The van der Waals surface area contributed by atoms with E-state index in [2.05, 4.69) is 21.2 Å². The topological polar surface area (TPSA) is 49.3 Å². The van der Waals surface area contributed by atoms with Gasteiger partial charge in [-0.15, -0.1) is 22.7 Å². The van der Waals surface area contributed by atoms with Crippen LogP contribution in [-0.2, 0) is 5.60 Å². The van der Waals surface area contributed by atoms with Gasteiger partial charge >= 0.3 is 0 Å². The number of rotatable bonds is 4. The summed E-state index contributed by atoms with van der Waals surface area (Å²) in [5.41, 5.74) is -1.09. The zero-order chi connectivity index (χ0) is 15.7.